The zero-order valence-corrected chi connectivity index (χ0v) is 14.7. The molecule has 0 bridgehead atoms. The van der Waals surface area contributed by atoms with Crippen molar-refractivity contribution < 1.29 is 4.74 Å². The van der Waals surface area contributed by atoms with Gasteiger partial charge in [0, 0.05) is 12.6 Å². The van der Waals surface area contributed by atoms with Crippen molar-refractivity contribution in [2.45, 2.75) is 69.9 Å². The molecule has 0 amide bonds. The first-order valence-electron chi connectivity index (χ1n) is 9.15. The molecule has 0 radical (unpaired) electrons. The summed E-state index contributed by atoms with van der Waals surface area (Å²) in [5.41, 5.74) is 0.242. The predicted molar refractivity (Wildman–Crippen MR) is 91.9 cm³/mol. The molecule has 3 fully saturated rings. The van der Waals surface area contributed by atoms with Gasteiger partial charge in [0.2, 0.25) is 0 Å². The van der Waals surface area contributed by atoms with Gasteiger partial charge in [-0.05, 0) is 74.8 Å². The van der Waals surface area contributed by atoms with E-state index in [0.717, 1.165) is 30.4 Å². The zero-order valence-electron chi connectivity index (χ0n) is 13.9. The fourth-order valence-corrected chi connectivity index (χ4v) is 6.37. The topological polar surface area (TPSA) is 21.3 Å². The highest BCUT2D eigenvalue weighted by Gasteiger charge is 2.43. The van der Waals surface area contributed by atoms with E-state index in [9.17, 15) is 0 Å². The Labute approximate surface area is 135 Å². The third-order valence-corrected chi connectivity index (χ3v) is 7.43. The Morgan fingerprint density at radius 3 is 2.67 bits per heavy atom. The molecule has 2 nitrogen and oxygen atoms in total. The van der Waals surface area contributed by atoms with Crippen LogP contribution >= 0.6 is 11.8 Å². The molecule has 4 atom stereocenters. The van der Waals surface area contributed by atoms with Crippen molar-refractivity contribution in [2.24, 2.45) is 17.8 Å². The third-order valence-electron chi connectivity index (χ3n) is 6.44. The first-order valence-corrected chi connectivity index (χ1v) is 10.3. The Kier molecular flexibility index (Phi) is 5.55. The number of hydrogen-bond donors (Lipinski definition) is 1. The van der Waals surface area contributed by atoms with Crippen molar-refractivity contribution in [2.75, 3.05) is 25.2 Å². The Morgan fingerprint density at radius 2 is 2.00 bits per heavy atom. The van der Waals surface area contributed by atoms with Gasteiger partial charge in [0.1, 0.15) is 0 Å². The quantitative estimate of drug-likeness (QED) is 0.845. The smallest absolute Gasteiger partial charge is 0.0701 e. The summed E-state index contributed by atoms with van der Waals surface area (Å²) in [6.07, 6.45) is 10.9. The van der Waals surface area contributed by atoms with Crippen molar-refractivity contribution in [3.8, 4) is 0 Å². The average Bonchev–Trinajstić information content (AvgIpc) is 2.98. The molecule has 2 aliphatic heterocycles. The van der Waals surface area contributed by atoms with Gasteiger partial charge in [-0.1, -0.05) is 19.8 Å². The highest BCUT2D eigenvalue weighted by atomic mass is 32.2. The van der Waals surface area contributed by atoms with Gasteiger partial charge >= 0.3 is 0 Å². The molecule has 122 valence electrons. The molecule has 1 N–H and O–H groups in total. The van der Waals surface area contributed by atoms with Crippen LogP contribution in [0, 0.1) is 17.8 Å². The van der Waals surface area contributed by atoms with Crippen LogP contribution in [0.4, 0.5) is 0 Å². The maximum Gasteiger partial charge on any atom is 0.0701 e. The Bertz CT molecular complexity index is 324. The number of hydrogen-bond acceptors (Lipinski definition) is 3. The summed E-state index contributed by atoms with van der Waals surface area (Å²) in [7, 11) is 2.20. The van der Waals surface area contributed by atoms with Crippen molar-refractivity contribution >= 4 is 11.8 Å². The van der Waals surface area contributed by atoms with Gasteiger partial charge < -0.3 is 10.1 Å². The summed E-state index contributed by atoms with van der Waals surface area (Å²) >= 11 is 2.11. The average molecular weight is 312 g/mol. The van der Waals surface area contributed by atoms with E-state index in [1.54, 1.807) is 0 Å². The first-order chi connectivity index (χ1) is 10.3. The van der Waals surface area contributed by atoms with Crippen LogP contribution in [-0.4, -0.2) is 36.8 Å². The van der Waals surface area contributed by atoms with Crippen LogP contribution in [0.5, 0.6) is 0 Å². The van der Waals surface area contributed by atoms with Crippen LogP contribution in [0.3, 0.4) is 0 Å². The number of nitrogens with one attached hydrogen (secondary N) is 1. The molecule has 0 aromatic rings. The molecule has 1 spiro atoms. The van der Waals surface area contributed by atoms with E-state index in [0.29, 0.717) is 0 Å². The number of thioether (sulfide) groups is 1. The van der Waals surface area contributed by atoms with Crippen molar-refractivity contribution in [3.05, 3.63) is 0 Å². The lowest BCUT2D eigenvalue weighted by Crippen LogP contribution is -2.49. The molecule has 0 aromatic carbocycles. The van der Waals surface area contributed by atoms with E-state index < -0.39 is 0 Å². The molecule has 1 aliphatic carbocycles. The lowest BCUT2D eigenvalue weighted by atomic mass is 9.74. The molecule has 21 heavy (non-hydrogen) atoms. The van der Waals surface area contributed by atoms with Crippen molar-refractivity contribution in [3.63, 3.8) is 0 Å². The maximum absolute atomic E-state index is 6.30. The molecule has 3 aliphatic rings. The molecular weight excluding hydrogens is 278 g/mol. The molecular formula is C18H33NOS. The van der Waals surface area contributed by atoms with Crippen LogP contribution in [0.15, 0.2) is 0 Å². The van der Waals surface area contributed by atoms with Crippen molar-refractivity contribution in [1.29, 1.82) is 0 Å². The van der Waals surface area contributed by atoms with Crippen LogP contribution in [-0.2, 0) is 4.74 Å². The second-order valence-electron chi connectivity index (χ2n) is 7.56. The SMILES string of the molecule is CCC1CCC(C(NC)C2CCOC3(CCSCC3)C2)C1. The second kappa shape index (κ2) is 7.23. The van der Waals surface area contributed by atoms with Crippen LogP contribution < -0.4 is 5.32 Å². The molecule has 2 heterocycles. The lowest BCUT2D eigenvalue weighted by molar-refractivity contribution is -0.109. The summed E-state index contributed by atoms with van der Waals surface area (Å²) < 4.78 is 6.30. The van der Waals surface area contributed by atoms with Gasteiger partial charge in [0.25, 0.3) is 0 Å². The number of ether oxygens (including phenoxy) is 1. The van der Waals surface area contributed by atoms with Gasteiger partial charge in [-0.25, -0.2) is 0 Å². The molecule has 4 unspecified atom stereocenters. The zero-order chi connectivity index (χ0) is 14.7. The van der Waals surface area contributed by atoms with Crippen molar-refractivity contribution in [1.82, 2.24) is 5.32 Å². The fraction of sp³-hybridized carbons (Fsp3) is 1.00. The maximum atomic E-state index is 6.30. The lowest BCUT2D eigenvalue weighted by Gasteiger charge is -2.46. The third kappa shape index (κ3) is 3.61. The molecule has 2 saturated heterocycles. The Balaban J connectivity index is 1.63. The molecule has 3 heteroatoms. The minimum absolute atomic E-state index is 0.242. The van der Waals surface area contributed by atoms with Crippen LogP contribution in [0.25, 0.3) is 0 Å². The van der Waals surface area contributed by atoms with E-state index in [4.69, 9.17) is 4.74 Å². The van der Waals surface area contributed by atoms with Crippen LogP contribution in [0.2, 0.25) is 0 Å². The highest BCUT2D eigenvalue weighted by Crippen LogP contribution is 2.44. The van der Waals surface area contributed by atoms with E-state index in [1.807, 2.05) is 0 Å². The Morgan fingerprint density at radius 1 is 1.19 bits per heavy atom. The van der Waals surface area contributed by atoms with E-state index in [-0.39, 0.29) is 5.60 Å². The van der Waals surface area contributed by atoms with Gasteiger partial charge in [-0.15, -0.1) is 0 Å². The fourth-order valence-electron chi connectivity index (χ4n) is 5.13. The number of rotatable bonds is 4. The van der Waals surface area contributed by atoms with E-state index in [2.05, 4.69) is 31.1 Å². The summed E-state index contributed by atoms with van der Waals surface area (Å²) in [6.45, 7) is 3.36. The van der Waals surface area contributed by atoms with E-state index >= 15 is 0 Å². The summed E-state index contributed by atoms with van der Waals surface area (Å²) in [6, 6.07) is 0.733. The predicted octanol–water partition coefficient (Wildman–Crippen LogP) is 4.09. The summed E-state index contributed by atoms with van der Waals surface area (Å²) in [5.74, 6) is 5.35. The summed E-state index contributed by atoms with van der Waals surface area (Å²) in [4.78, 5) is 0. The highest BCUT2D eigenvalue weighted by molar-refractivity contribution is 7.99. The largest absolute Gasteiger partial charge is 0.375 e. The molecule has 0 aromatic heterocycles. The molecule has 3 rings (SSSR count). The molecule has 1 saturated carbocycles. The van der Waals surface area contributed by atoms with Gasteiger partial charge in [0.15, 0.2) is 0 Å². The normalized spacial score (nSPS) is 37.7. The van der Waals surface area contributed by atoms with E-state index in [1.165, 1.54) is 62.9 Å². The summed E-state index contributed by atoms with van der Waals surface area (Å²) in [5, 5.41) is 3.72. The van der Waals surface area contributed by atoms with Crippen LogP contribution in [0.1, 0.15) is 58.3 Å². The van der Waals surface area contributed by atoms with Gasteiger partial charge in [-0.3, -0.25) is 0 Å². The van der Waals surface area contributed by atoms with Gasteiger partial charge in [0.05, 0.1) is 5.60 Å². The minimum Gasteiger partial charge on any atom is -0.375 e. The minimum atomic E-state index is 0.242. The monoisotopic (exact) mass is 311 g/mol. The van der Waals surface area contributed by atoms with Gasteiger partial charge in [-0.2, -0.15) is 11.8 Å². The standard InChI is InChI=1S/C18H33NOS/c1-3-14-4-5-15(12-14)17(19-2)16-6-9-20-18(13-16)7-10-21-11-8-18/h14-17,19H,3-13H2,1-2H3. The second-order valence-corrected chi connectivity index (χ2v) is 8.78. The first kappa shape index (κ1) is 16.1. The Hall–Kier alpha value is 0.270.